The highest BCUT2D eigenvalue weighted by atomic mass is 16.3. The molecule has 44 heavy (non-hydrogen) atoms. The third-order valence-corrected chi connectivity index (χ3v) is 9.34. The molecule has 0 radical (unpaired) electrons. The average Bonchev–Trinajstić information content (AvgIpc) is 3.62. The molecular formula is C42H25NO. The van der Waals surface area contributed by atoms with E-state index in [-0.39, 0.29) is 0 Å². The molecule has 0 saturated heterocycles. The van der Waals surface area contributed by atoms with Gasteiger partial charge in [0.2, 0.25) is 0 Å². The van der Waals surface area contributed by atoms with Crippen LogP contribution in [0.2, 0.25) is 0 Å². The van der Waals surface area contributed by atoms with Gasteiger partial charge in [-0.1, -0.05) is 121 Å². The highest BCUT2D eigenvalue weighted by Gasteiger charge is 2.22. The van der Waals surface area contributed by atoms with Crippen molar-refractivity contribution < 1.29 is 4.42 Å². The first-order valence-electron chi connectivity index (χ1n) is 15.1. The molecule has 8 aromatic carbocycles. The second-order valence-electron chi connectivity index (χ2n) is 11.7. The Balaban J connectivity index is 1.29. The van der Waals surface area contributed by atoms with Gasteiger partial charge in [0.05, 0.1) is 11.2 Å². The predicted molar refractivity (Wildman–Crippen MR) is 185 cm³/mol. The van der Waals surface area contributed by atoms with Gasteiger partial charge in [0.1, 0.15) is 11.1 Å². The number of hydrogen-bond donors (Lipinski definition) is 0. The molecule has 0 bridgehead atoms. The van der Waals surface area contributed by atoms with Crippen LogP contribution in [0.5, 0.6) is 0 Å². The summed E-state index contributed by atoms with van der Waals surface area (Å²) in [6.45, 7) is 0. The fourth-order valence-corrected chi connectivity index (χ4v) is 7.41. The van der Waals surface area contributed by atoms with Gasteiger partial charge < -0.3 is 8.98 Å². The molecule has 0 atom stereocenters. The highest BCUT2D eigenvalue weighted by molar-refractivity contribution is 6.26. The van der Waals surface area contributed by atoms with Crippen molar-refractivity contribution in [3.8, 4) is 27.9 Å². The van der Waals surface area contributed by atoms with Crippen molar-refractivity contribution in [2.75, 3.05) is 0 Å². The van der Waals surface area contributed by atoms with E-state index in [1.807, 2.05) is 6.07 Å². The monoisotopic (exact) mass is 559 g/mol. The second-order valence-corrected chi connectivity index (χ2v) is 11.7. The van der Waals surface area contributed by atoms with Crippen molar-refractivity contribution in [2.24, 2.45) is 0 Å². The van der Waals surface area contributed by atoms with Crippen LogP contribution < -0.4 is 0 Å². The predicted octanol–water partition coefficient (Wildman–Crippen LogP) is 11.8. The van der Waals surface area contributed by atoms with Crippen LogP contribution in [0.3, 0.4) is 0 Å². The Morgan fingerprint density at radius 1 is 0.432 bits per heavy atom. The van der Waals surface area contributed by atoms with Gasteiger partial charge in [0, 0.05) is 16.3 Å². The first kappa shape index (κ1) is 23.7. The smallest absolute Gasteiger partial charge is 0.161 e. The summed E-state index contributed by atoms with van der Waals surface area (Å²) in [5, 5.41) is 10.0. The van der Waals surface area contributed by atoms with Crippen LogP contribution in [-0.4, -0.2) is 4.57 Å². The lowest BCUT2D eigenvalue weighted by Crippen LogP contribution is -1.97. The lowest BCUT2D eigenvalue weighted by atomic mass is 9.89. The third-order valence-electron chi connectivity index (χ3n) is 9.34. The van der Waals surface area contributed by atoms with Crippen LogP contribution in [0.15, 0.2) is 156 Å². The van der Waals surface area contributed by atoms with E-state index < -0.39 is 0 Å². The lowest BCUT2D eigenvalue weighted by molar-refractivity contribution is 0.673. The van der Waals surface area contributed by atoms with Crippen LogP contribution in [0.25, 0.3) is 93.2 Å². The van der Waals surface area contributed by atoms with E-state index in [2.05, 4.69) is 150 Å². The van der Waals surface area contributed by atoms with E-state index in [9.17, 15) is 0 Å². The van der Waals surface area contributed by atoms with Crippen LogP contribution in [0.4, 0.5) is 0 Å². The molecule has 0 aliphatic rings. The standard InChI is InChI=1S/C42H25NO/c1-2-9-26(10-3-1)32-13-4-6-15-36(32)43-37-24-21-30(25-35(37)42-41(43)34-14-5-7-16-38(34)44-42)31-22-19-29-18-17-27-11-8-12-28-20-23-33(31)40(29)39(27)28/h1-25H. The minimum Gasteiger partial charge on any atom is -0.454 e. The second kappa shape index (κ2) is 8.82. The molecule has 0 unspecified atom stereocenters. The molecule has 0 amide bonds. The number of rotatable bonds is 3. The molecule has 2 heteroatoms. The minimum absolute atomic E-state index is 0.901. The molecule has 0 aliphatic heterocycles. The van der Waals surface area contributed by atoms with Gasteiger partial charge in [-0.2, -0.15) is 0 Å². The Labute approximate surface area is 253 Å². The fraction of sp³-hybridized carbons (Fsp3) is 0. The molecule has 0 fully saturated rings. The molecule has 0 aliphatic carbocycles. The molecule has 10 aromatic rings. The number of nitrogens with zero attached hydrogens (tertiary/aromatic N) is 1. The van der Waals surface area contributed by atoms with Gasteiger partial charge in [0.25, 0.3) is 0 Å². The Hall–Kier alpha value is -5.86. The van der Waals surface area contributed by atoms with Gasteiger partial charge in [-0.25, -0.2) is 0 Å². The van der Waals surface area contributed by atoms with Crippen LogP contribution >= 0.6 is 0 Å². The Morgan fingerprint density at radius 3 is 2.05 bits per heavy atom. The number of hydrogen-bond acceptors (Lipinski definition) is 1. The summed E-state index contributed by atoms with van der Waals surface area (Å²) in [7, 11) is 0. The van der Waals surface area contributed by atoms with Gasteiger partial charge >= 0.3 is 0 Å². The summed E-state index contributed by atoms with van der Waals surface area (Å²) in [6.07, 6.45) is 0. The van der Waals surface area contributed by atoms with E-state index in [0.717, 1.165) is 38.7 Å². The summed E-state index contributed by atoms with van der Waals surface area (Å²) in [6, 6.07) is 54.7. The van der Waals surface area contributed by atoms with Crippen molar-refractivity contribution >= 4 is 65.3 Å². The molecular weight excluding hydrogens is 534 g/mol. The van der Waals surface area contributed by atoms with Gasteiger partial charge in [0.15, 0.2) is 5.58 Å². The van der Waals surface area contributed by atoms with E-state index in [4.69, 9.17) is 4.42 Å². The Bertz CT molecular complexity index is 2690. The molecule has 10 rings (SSSR count). The molecule has 204 valence electrons. The molecule has 2 heterocycles. The first-order chi connectivity index (χ1) is 21.8. The van der Waals surface area contributed by atoms with E-state index in [1.165, 1.54) is 54.6 Å². The zero-order valence-corrected chi connectivity index (χ0v) is 23.8. The van der Waals surface area contributed by atoms with Crippen molar-refractivity contribution in [1.29, 1.82) is 0 Å². The molecule has 0 spiro atoms. The number of furan rings is 1. The van der Waals surface area contributed by atoms with Gasteiger partial charge in [-0.15, -0.1) is 0 Å². The molecule has 0 N–H and O–H groups in total. The highest BCUT2D eigenvalue weighted by Crippen LogP contribution is 2.44. The zero-order chi connectivity index (χ0) is 28.8. The van der Waals surface area contributed by atoms with Crippen LogP contribution in [0, 0.1) is 0 Å². The normalized spacial score (nSPS) is 12.1. The van der Waals surface area contributed by atoms with Gasteiger partial charge in [-0.05, 0) is 79.3 Å². The number of benzene rings is 8. The summed E-state index contributed by atoms with van der Waals surface area (Å²) >= 11 is 0. The number of para-hydroxylation sites is 2. The molecule has 0 saturated carbocycles. The average molecular weight is 560 g/mol. The first-order valence-corrected chi connectivity index (χ1v) is 15.1. The van der Waals surface area contributed by atoms with Crippen LogP contribution in [-0.2, 0) is 0 Å². The lowest BCUT2D eigenvalue weighted by Gasteiger charge is -2.15. The SMILES string of the molecule is c1ccc(-c2ccccc2-n2c3ccc(-c4ccc5ccc6cccc7ccc4c5c67)cc3c3oc4ccccc4c32)cc1. The zero-order valence-electron chi connectivity index (χ0n) is 23.8. The van der Waals surface area contributed by atoms with Crippen LogP contribution in [0.1, 0.15) is 0 Å². The van der Waals surface area contributed by atoms with Crippen molar-refractivity contribution in [3.05, 3.63) is 152 Å². The maximum absolute atomic E-state index is 6.66. The van der Waals surface area contributed by atoms with E-state index in [0.29, 0.717) is 0 Å². The summed E-state index contributed by atoms with van der Waals surface area (Å²) in [5.41, 5.74) is 10.00. The summed E-state index contributed by atoms with van der Waals surface area (Å²) in [4.78, 5) is 0. The van der Waals surface area contributed by atoms with Crippen molar-refractivity contribution in [2.45, 2.75) is 0 Å². The Kier molecular flexibility index (Phi) is 4.75. The minimum atomic E-state index is 0.901. The fourth-order valence-electron chi connectivity index (χ4n) is 7.41. The molecule has 2 nitrogen and oxygen atoms in total. The number of aromatic nitrogens is 1. The summed E-state index contributed by atoms with van der Waals surface area (Å²) < 4.78 is 9.06. The van der Waals surface area contributed by atoms with E-state index in [1.54, 1.807) is 0 Å². The topological polar surface area (TPSA) is 18.1 Å². The van der Waals surface area contributed by atoms with Gasteiger partial charge in [-0.3, -0.25) is 0 Å². The van der Waals surface area contributed by atoms with Crippen molar-refractivity contribution in [3.63, 3.8) is 0 Å². The Morgan fingerprint density at radius 2 is 1.16 bits per heavy atom. The van der Waals surface area contributed by atoms with E-state index >= 15 is 0 Å². The molecule has 2 aromatic heterocycles. The summed E-state index contributed by atoms with van der Waals surface area (Å²) in [5.74, 6) is 0. The largest absolute Gasteiger partial charge is 0.454 e. The van der Waals surface area contributed by atoms with Crippen molar-refractivity contribution in [1.82, 2.24) is 4.57 Å². The maximum atomic E-state index is 6.66. The maximum Gasteiger partial charge on any atom is 0.161 e. The third kappa shape index (κ3) is 3.20. The quantitative estimate of drug-likeness (QED) is 0.197. The number of fused-ring (bicyclic) bond motifs is 5.